The summed E-state index contributed by atoms with van der Waals surface area (Å²) in [6.07, 6.45) is 4.73. The van der Waals surface area contributed by atoms with Crippen LogP contribution in [-0.2, 0) is 0 Å². The first-order chi connectivity index (χ1) is 9.40. The quantitative estimate of drug-likeness (QED) is 0.503. The van der Waals surface area contributed by atoms with Crippen molar-refractivity contribution in [1.29, 1.82) is 0 Å². The molecule has 1 aliphatic heterocycles. The van der Waals surface area contributed by atoms with Crippen molar-refractivity contribution in [3.63, 3.8) is 0 Å². The summed E-state index contributed by atoms with van der Waals surface area (Å²) in [4.78, 5) is 2.38. The number of oxime groups is 1. The molecule has 1 N–H and O–H groups in total. The summed E-state index contributed by atoms with van der Waals surface area (Å²) in [5, 5.41) is 12.4. The Labute approximate surface area is 125 Å². The first kappa shape index (κ1) is 14.9. The highest BCUT2D eigenvalue weighted by molar-refractivity contribution is 6.33. The van der Waals surface area contributed by atoms with E-state index >= 15 is 0 Å². The summed E-state index contributed by atoms with van der Waals surface area (Å²) in [6.45, 7) is 9.69. The molecule has 1 aliphatic rings. The average Bonchev–Trinajstić information content (AvgIpc) is 2.36. The van der Waals surface area contributed by atoms with Crippen molar-refractivity contribution in [2.45, 2.75) is 39.7 Å². The Hall–Kier alpha value is -1.48. The number of anilines is 1. The van der Waals surface area contributed by atoms with Crippen LogP contribution in [0.5, 0.6) is 0 Å². The number of rotatable bonds is 3. The SMILES string of the molecule is CCCN1c2cc(Cl)c(C=NO)cc2C(C)=CC1(C)C. The Kier molecular flexibility index (Phi) is 4.09. The zero-order chi connectivity index (χ0) is 14.9. The lowest BCUT2D eigenvalue weighted by Crippen LogP contribution is -2.45. The molecule has 0 bridgehead atoms. The van der Waals surface area contributed by atoms with Gasteiger partial charge in [-0.15, -0.1) is 0 Å². The monoisotopic (exact) mass is 292 g/mol. The third-order valence-electron chi connectivity index (χ3n) is 3.74. The Balaban J connectivity index is 2.63. The lowest BCUT2D eigenvalue weighted by Gasteiger charge is -2.43. The lowest BCUT2D eigenvalue weighted by molar-refractivity contribution is 0.322. The average molecular weight is 293 g/mol. The second-order valence-corrected chi connectivity index (χ2v) is 6.18. The number of hydrogen-bond donors (Lipinski definition) is 1. The number of fused-ring (bicyclic) bond motifs is 1. The third-order valence-corrected chi connectivity index (χ3v) is 4.07. The van der Waals surface area contributed by atoms with Gasteiger partial charge in [-0.2, -0.15) is 0 Å². The van der Waals surface area contributed by atoms with Gasteiger partial charge >= 0.3 is 0 Å². The van der Waals surface area contributed by atoms with E-state index in [9.17, 15) is 0 Å². The molecule has 4 heteroatoms. The standard InChI is InChI=1S/C16H21ClN2O/c1-5-6-19-15-8-14(17)12(10-18-20)7-13(15)11(2)9-16(19,3)4/h7-10,20H,5-6H2,1-4H3. The van der Waals surface area contributed by atoms with Crippen LogP contribution in [0.4, 0.5) is 5.69 Å². The van der Waals surface area contributed by atoms with Crippen molar-refractivity contribution >= 4 is 29.1 Å². The summed E-state index contributed by atoms with van der Waals surface area (Å²) in [5.74, 6) is 0. The molecule has 0 saturated heterocycles. The zero-order valence-corrected chi connectivity index (χ0v) is 13.2. The van der Waals surface area contributed by atoms with Gasteiger partial charge in [0.1, 0.15) is 0 Å². The van der Waals surface area contributed by atoms with Crippen molar-refractivity contribution in [3.8, 4) is 0 Å². The molecule has 0 atom stereocenters. The van der Waals surface area contributed by atoms with E-state index in [1.807, 2.05) is 12.1 Å². The summed E-state index contributed by atoms with van der Waals surface area (Å²) in [5.41, 5.74) is 4.23. The van der Waals surface area contributed by atoms with Gasteiger partial charge in [-0.25, -0.2) is 0 Å². The van der Waals surface area contributed by atoms with Crippen LogP contribution in [0.2, 0.25) is 5.02 Å². The number of hydrogen-bond acceptors (Lipinski definition) is 3. The Morgan fingerprint density at radius 2 is 2.10 bits per heavy atom. The number of halogens is 1. The van der Waals surface area contributed by atoms with Gasteiger partial charge in [0.15, 0.2) is 0 Å². The van der Waals surface area contributed by atoms with Crippen molar-refractivity contribution in [3.05, 3.63) is 34.4 Å². The summed E-state index contributed by atoms with van der Waals surface area (Å²) >= 11 is 6.30. The van der Waals surface area contributed by atoms with Gasteiger partial charge in [0.25, 0.3) is 0 Å². The molecule has 20 heavy (non-hydrogen) atoms. The fourth-order valence-electron chi connectivity index (χ4n) is 2.91. The molecule has 3 nitrogen and oxygen atoms in total. The molecular formula is C16H21ClN2O. The fraction of sp³-hybridized carbons (Fsp3) is 0.438. The van der Waals surface area contributed by atoms with Crippen molar-refractivity contribution in [2.75, 3.05) is 11.4 Å². The van der Waals surface area contributed by atoms with Gasteiger partial charge in [-0.1, -0.05) is 29.8 Å². The number of benzene rings is 1. The Morgan fingerprint density at radius 3 is 2.70 bits per heavy atom. The van der Waals surface area contributed by atoms with Crippen LogP contribution < -0.4 is 4.90 Å². The highest BCUT2D eigenvalue weighted by atomic mass is 35.5. The molecule has 0 unspecified atom stereocenters. The molecule has 0 radical (unpaired) electrons. The normalized spacial score (nSPS) is 17.2. The molecule has 0 aromatic heterocycles. The molecule has 0 spiro atoms. The predicted molar refractivity (Wildman–Crippen MR) is 86.2 cm³/mol. The van der Waals surface area contributed by atoms with Crippen LogP contribution in [0.3, 0.4) is 0 Å². The van der Waals surface area contributed by atoms with E-state index in [2.05, 4.69) is 43.8 Å². The van der Waals surface area contributed by atoms with E-state index < -0.39 is 0 Å². The van der Waals surface area contributed by atoms with E-state index in [0.29, 0.717) is 5.02 Å². The maximum atomic E-state index is 8.72. The minimum atomic E-state index is -0.0248. The van der Waals surface area contributed by atoms with Gasteiger partial charge in [0.05, 0.1) is 16.8 Å². The number of nitrogens with zero attached hydrogens (tertiary/aromatic N) is 2. The maximum absolute atomic E-state index is 8.72. The van der Waals surface area contributed by atoms with Gasteiger partial charge in [0.2, 0.25) is 0 Å². The summed E-state index contributed by atoms with van der Waals surface area (Å²) < 4.78 is 0. The van der Waals surface area contributed by atoms with Crippen LogP contribution in [-0.4, -0.2) is 23.5 Å². The van der Waals surface area contributed by atoms with Crippen LogP contribution in [0.1, 0.15) is 45.2 Å². The summed E-state index contributed by atoms with van der Waals surface area (Å²) in [6, 6.07) is 3.96. The molecule has 0 fully saturated rings. The molecule has 1 heterocycles. The van der Waals surface area contributed by atoms with E-state index in [0.717, 1.165) is 29.8 Å². The second kappa shape index (κ2) is 5.49. The van der Waals surface area contributed by atoms with Crippen LogP contribution >= 0.6 is 11.6 Å². The lowest BCUT2D eigenvalue weighted by atomic mass is 9.88. The van der Waals surface area contributed by atoms with E-state index in [1.54, 1.807) is 0 Å². The molecule has 2 rings (SSSR count). The summed E-state index contributed by atoms with van der Waals surface area (Å²) in [7, 11) is 0. The van der Waals surface area contributed by atoms with Crippen LogP contribution in [0, 0.1) is 0 Å². The first-order valence-electron chi connectivity index (χ1n) is 6.89. The minimum Gasteiger partial charge on any atom is -0.411 e. The van der Waals surface area contributed by atoms with E-state index in [1.165, 1.54) is 11.8 Å². The number of allylic oxidation sites excluding steroid dienone is 1. The van der Waals surface area contributed by atoms with Crippen LogP contribution in [0.25, 0.3) is 5.57 Å². The third kappa shape index (κ3) is 2.55. The molecule has 1 aromatic carbocycles. The van der Waals surface area contributed by atoms with E-state index in [4.69, 9.17) is 16.8 Å². The van der Waals surface area contributed by atoms with Gasteiger partial charge in [-0.3, -0.25) is 0 Å². The molecule has 108 valence electrons. The van der Waals surface area contributed by atoms with Gasteiger partial charge < -0.3 is 10.1 Å². The van der Waals surface area contributed by atoms with Gasteiger partial charge in [-0.05, 0) is 44.9 Å². The highest BCUT2D eigenvalue weighted by Gasteiger charge is 2.31. The topological polar surface area (TPSA) is 35.8 Å². The molecule has 0 saturated carbocycles. The van der Waals surface area contributed by atoms with Crippen molar-refractivity contribution < 1.29 is 5.21 Å². The van der Waals surface area contributed by atoms with Crippen LogP contribution in [0.15, 0.2) is 23.4 Å². The molecular weight excluding hydrogens is 272 g/mol. The second-order valence-electron chi connectivity index (χ2n) is 5.77. The molecule has 1 aromatic rings. The molecule has 0 amide bonds. The van der Waals surface area contributed by atoms with Crippen molar-refractivity contribution in [2.24, 2.45) is 5.16 Å². The zero-order valence-electron chi connectivity index (χ0n) is 12.4. The molecule has 0 aliphatic carbocycles. The largest absolute Gasteiger partial charge is 0.411 e. The first-order valence-corrected chi connectivity index (χ1v) is 7.27. The Bertz CT molecular complexity index is 576. The predicted octanol–water partition coefficient (Wildman–Crippen LogP) is 4.56. The Morgan fingerprint density at radius 1 is 1.40 bits per heavy atom. The minimum absolute atomic E-state index is 0.0248. The fourth-order valence-corrected chi connectivity index (χ4v) is 3.11. The van der Waals surface area contributed by atoms with Gasteiger partial charge in [0, 0.05) is 23.4 Å². The van der Waals surface area contributed by atoms with E-state index in [-0.39, 0.29) is 5.54 Å². The maximum Gasteiger partial charge on any atom is 0.0749 e. The highest BCUT2D eigenvalue weighted by Crippen LogP contribution is 2.41. The van der Waals surface area contributed by atoms with Crippen molar-refractivity contribution in [1.82, 2.24) is 0 Å². The smallest absolute Gasteiger partial charge is 0.0749 e.